The van der Waals surface area contributed by atoms with E-state index in [1.807, 2.05) is 12.1 Å². The number of nitrogens with one attached hydrogen (secondary N) is 1. The van der Waals surface area contributed by atoms with Gasteiger partial charge >= 0.3 is 0 Å². The fraction of sp³-hybridized carbons (Fsp3) is 0.133. The van der Waals surface area contributed by atoms with Gasteiger partial charge in [-0.05, 0) is 42.3 Å². The van der Waals surface area contributed by atoms with Crippen molar-refractivity contribution in [2.24, 2.45) is 0 Å². The second-order valence-electron chi connectivity index (χ2n) is 4.41. The quantitative estimate of drug-likeness (QED) is 0.641. The van der Waals surface area contributed by atoms with Crippen LogP contribution < -0.4 is 0 Å². The first kappa shape index (κ1) is 12.9. The van der Waals surface area contributed by atoms with Crippen molar-refractivity contribution in [3.63, 3.8) is 0 Å². The SMILES string of the molecule is CCc1ccc2nc(-c3cc(Br)ccc3Br)[nH]c2c1. The van der Waals surface area contributed by atoms with Gasteiger partial charge in [-0.2, -0.15) is 0 Å². The highest BCUT2D eigenvalue weighted by Crippen LogP contribution is 2.30. The first-order chi connectivity index (χ1) is 9.17. The van der Waals surface area contributed by atoms with Crippen LogP contribution in [0.4, 0.5) is 0 Å². The molecule has 0 saturated carbocycles. The van der Waals surface area contributed by atoms with Crippen LogP contribution in [0.1, 0.15) is 12.5 Å². The van der Waals surface area contributed by atoms with Gasteiger partial charge in [-0.25, -0.2) is 4.98 Å². The molecular weight excluding hydrogens is 368 g/mol. The molecule has 0 fully saturated rings. The molecule has 0 amide bonds. The van der Waals surface area contributed by atoms with Gasteiger partial charge in [0.25, 0.3) is 0 Å². The third kappa shape index (κ3) is 2.47. The first-order valence-corrected chi connectivity index (χ1v) is 7.70. The van der Waals surface area contributed by atoms with Crippen LogP contribution in [-0.4, -0.2) is 9.97 Å². The molecule has 3 aromatic rings. The minimum absolute atomic E-state index is 0.886. The average Bonchev–Trinajstić information content (AvgIpc) is 2.83. The summed E-state index contributed by atoms with van der Waals surface area (Å²) in [5, 5.41) is 0. The molecular formula is C15H12Br2N2. The molecule has 0 aliphatic carbocycles. The molecule has 1 N–H and O–H groups in total. The first-order valence-electron chi connectivity index (χ1n) is 6.11. The van der Waals surface area contributed by atoms with Crippen LogP contribution in [0.3, 0.4) is 0 Å². The van der Waals surface area contributed by atoms with Crippen molar-refractivity contribution < 1.29 is 0 Å². The Morgan fingerprint density at radius 3 is 2.74 bits per heavy atom. The zero-order valence-electron chi connectivity index (χ0n) is 10.4. The van der Waals surface area contributed by atoms with E-state index >= 15 is 0 Å². The predicted octanol–water partition coefficient (Wildman–Crippen LogP) is 5.32. The molecule has 4 heteroatoms. The smallest absolute Gasteiger partial charge is 0.139 e. The number of H-pyrrole nitrogens is 1. The molecule has 0 aliphatic heterocycles. The van der Waals surface area contributed by atoms with E-state index in [1.54, 1.807) is 0 Å². The van der Waals surface area contributed by atoms with Gasteiger partial charge in [-0.15, -0.1) is 0 Å². The molecule has 19 heavy (non-hydrogen) atoms. The zero-order chi connectivity index (χ0) is 13.4. The van der Waals surface area contributed by atoms with Crippen LogP contribution in [0.2, 0.25) is 0 Å². The van der Waals surface area contributed by atoms with E-state index in [-0.39, 0.29) is 0 Å². The van der Waals surface area contributed by atoms with Crippen LogP contribution in [0.25, 0.3) is 22.4 Å². The lowest BCUT2D eigenvalue weighted by Gasteiger charge is -2.01. The lowest BCUT2D eigenvalue weighted by molar-refractivity contribution is 1.14. The number of fused-ring (bicyclic) bond motifs is 1. The maximum Gasteiger partial charge on any atom is 0.139 e. The number of aromatic nitrogens is 2. The standard InChI is InChI=1S/C15H12Br2N2/c1-2-9-3-6-13-14(7-9)19-15(18-13)11-8-10(16)4-5-12(11)17/h3-8H,2H2,1H3,(H,18,19). The highest BCUT2D eigenvalue weighted by Gasteiger charge is 2.09. The topological polar surface area (TPSA) is 28.7 Å². The van der Waals surface area contributed by atoms with Crippen LogP contribution in [0.5, 0.6) is 0 Å². The number of aromatic amines is 1. The number of hydrogen-bond donors (Lipinski definition) is 1. The van der Waals surface area contributed by atoms with Crippen LogP contribution >= 0.6 is 31.9 Å². The summed E-state index contributed by atoms with van der Waals surface area (Å²) in [5.74, 6) is 0.886. The molecule has 1 aromatic heterocycles. The van der Waals surface area contributed by atoms with Gasteiger partial charge in [-0.1, -0.05) is 44.8 Å². The minimum atomic E-state index is 0.886. The van der Waals surface area contributed by atoms with E-state index in [1.165, 1.54) is 5.56 Å². The molecule has 0 unspecified atom stereocenters. The molecule has 0 aliphatic rings. The largest absolute Gasteiger partial charge is 0.338 e. The number of halogens is 2. The van der Waals surface area contributed by atoms with Crippen molar-refractivity contribution in [3.8, 4) is 11.4 Å². The van der Waals surface area contributed by atoms with Crippen LogP contribution in [0, 0.1) is 0 Å². The Kier molecular flexibility index (Phi) is 3.46. The van der Waals surface area contributed by atoms with E-state index in [9.17, 15) is 0 Å². The molecule has 0 saturated heterocycles. The summed E-state index contributed by atoms with van der Waals surface area (Å²) in [6, 6.07) is 12.4. The highest BCUT2D eigenvalue weighted by atomic mass is 79.9. The van der Waals surface area contributed by atoms with E-state index in [0.29, 0.717) is 0 Å². The Morgan fingerprint density at radius 2 is 1.95 bits per heavy atom. The van der Waals surface area contributed by atoms with Crippen LogP contribution in [-0.2, 0) is 6.42 Å². The van der Waals surface area contributed by atoms with Gasteiger partial charge in [0.05, 0.1) is 11.0 Å². The maximum absolute atomic E-state index is 4.65. The monoisotopic (exact) mass is 378 g/mol. The number of hydrogen-bond acceptors (Lipinski definition) is 1. The molecule has 0 bridgehead atoms. The third-order valence-corrected chi connectivity index (χ3v) is 4.32. The summed E-state index contributed by atoms with van der Waals surface area (Å²) < 4.78 is 2.07. The Labute approximate surface area is 128 Å². The van der Waals surface area contributed by atoms with E-state index < -0.39 is 0 Å². The van der Waals surface area contributed by atoms with Crippen molar-refractivity contribution in [1.82, 2.24) is 9.97 Å². The maximum atomic E-state index is 4.65. The Balaban J connectivity index is 2.17. The fourth-order valence-corrected chi connectivity index (χ4v) is 2.88. The third-order valence-electron chi connectivity index (χ3n) is 3.14. The number of nitrogens with zero attached hydrogens (tertiary/aromatic N) is 1. The lowest BCUT2D eigenvalue weighted by Crippen LogP contribution is -1.82. The number of rotatable bonds is 2. The average molecular weight is 380 g/mol. The van der Waals surface area contributed by atoms with Crippen molar-refractivity contribution in [2.45, 2.75) is 13.3 Å². The summed E-state index contributed by atoms with van der Waals surface area (Å²) in [6.45, 7) is 2.16. The van der Waals surface area contributed by atoms with E-state index in [4.69, 9.17) is 0 Å². The summed E-state index contributed by atoms with van der Waals surface area (Å²) >= 11 is 7.07. The molecule has 3 rings (SSSR count). The highest BCUT2D eigenvalue weighted by molar-refractivity contribution is 9.11. The normalized spacial score (nSPS) is 11.1. The summed E-state index contributed by atoms with van der Waals surface area (Å²) in [4.78, 5) is 8.05. The zero-order valence-corrected chi connectivity index (χ0v) is 13.5. The van der Waals surface area contributed by atoms with Crippen molar-refractivity contribution >= 4 is 42.9 Å². The number of aryl methyl sites for hydroxylation is 1. The van der Waals surface area contributed by atoms with Gasteiger partial charge in [0.15, 0.2) is 0 Å². The van der Waals surface area contributed by atoms with Crippen molar-refractivity contribution in [1.29, 1.82) is 0 Å². The molecule has 0 spiro atoms. The van der Waals surface area contributed by atoms with Crippen LogP contribution in [0.15, 0.2) is 45.3 Å². The van der Waals surface area contributed by atoms with Gasteiger partial charge in [0, 0.05) is 14.5 Å². The summed E-state index contributed by atoms with van der Waals surface area (Å²) in [5.41, 5.74) is 4.46. The minimum Gasteiger partial charge on any atom is -0.338 e. The molecule has 0 radical (unpaired) electrons. The summed E-state index contributed by atoms with van der Waals surface area (Å²) in [7, 11) is 0. The van der Waals surface area contributed by atoms with Gasteiger partial charge in [0.2, 0.25) is 0 Å². The lowest BCUT2D eigenvalue weighted by atomic mass is 10.1. The second-order valence-corrected chi connectivity index (χ2v) is 6.18. The Hall–Kier alpha value is -1.13. The Morgan fingerprint density at radius 1 is 1.11 bits per heavy atom. The van der Waals surface area contributed by atoms with E-state index in [2.05, 4.69) is 73.0 Å². The molecule has 2 aromatic carbocycles. The van der Waals surface area contributed by atoms with Crippen molar-refractivity contribution in [2.75, 3.05) is 0 Å². The number of benzene rings is 2. The van der Waals surface area contributed by atoms with Gasteiger partial charge in [0.1, 0.15) is 5.82 Å². The van der Waals surface area contributed by atoms with E-state index in [0.717, 1.165) is 37.8 Å². The number of imidazole rings is 1. The fourth-order valence-electron chi connectivity index (χ4n) is 2.08. The molecule has 96 valence electrons. The predicted molar refractivity (Wildman–Crippen MR) is 86.3 cm³/mol. The molecule has 0 atom stereocenters. The van der Waals surface area contributed by atoms with Gasteiger partial charge in [-0.3, -0.25) is 0 Å². The molecule has 2 nitrogen and oxygen atoms in total. The Bertz CT molecular complexity index is 747. The van der Waals surface area contributed by atoms with Crippen molar-refractivity contribution in [3.05, 3.63) is 50.9 Å². The second kappa shape index (κ2) is 5.10. The summed E-state index contributed by atoms with van der Waals surface area (Å²) in [6.07, 6.45) is 1.03. The van der Waals surface area contributed by atoms with Gasteiger partial charge < -0.3 is 4.98 Å². The molecule has 1 heterocycles.